The summed E-state index contributed by atoms with van der Waals surface area (Å²) in [6.07, 6.45) is 0. The highest BCUT2D eigenvalue weighted by atomic mass is 16.6. The summed E-state index contributed by atoms with van der Waals surface area (Å²) in [5.41, 5.74) is 2.21. The van der Waals surface area contributed by atoms with Crippen LogP contribution in [0.2, 0.25) is 0 Å². The third kappa shape index (κ3) is 2.97. The van der Waals surface area contributed by atoms with Crippen molar-refractivity contribution in [2.24, 2.45) is 0 Å². The number of oxazole rings is 1. The van der Waals surface area contributed by atoms with Crippen molar-refractivity contribution < 1.29 is 18.7 Å². The predicted molar refractivity (Wildman–Crippen MR) is 96.2 cm³/mol. The van der Waals surface area contributed by atoms with Crippen LogP contribution in [0.15, 0.2) is 45.6 Å². The van der Waals surface area contributed by atoms with E-state index < -0.39 is 11.8 Å². The first-order chi connectivity index (χ1) is 12.6. The van der Waals surface area contributed by atoms with Gasteiger partial charge in [-0.15, -0.1) is 0 Å². The number of hydrogen-bond acceptors (Lipinski definition) is 5. The Morgan fingerprint density at radius 3 is 2.50 bits per heavy atom. The van der Waals surface area contributed by atoms with E-state index in [4.69, 9.17) is 13.9 Å². The third-order valence-electron chi connectivity index (χ3n) is 4.04. The number of amides is 2. The molecule has 0 aliphatic carbocycles. The van der Waals surface area contributed by atoms with E-state index in [0.717, 1.165) is 0 Å². The number of fused-ring (bicyclic) bond motifs is 2. The molecule has 0 saturated carbocycles. The number of nitrogens with zero attached hydrogens (tertiary/aromatic N) is 1. The van der Waals surface area contributed by atoms with Gasteiger partial charge < -0.3 is 24.5 Å². The molecule has 2 aromatic carbocycles. The largest absolute Gasteiger partial charge is 0.486 e. The average Bonchev–Trinajstić information content (AvgIpc) is 2.95. The Morgan fingerprint density at radius 1 is 1.04 bits per heavy atom. The Labute approximate surface area is 148 Å². The Hall–Kier alpha value is -3.42. The highest BCUT2D eigenvalue weighted by Crippen LogP contribution is 2.32. The van der Waals surface area contributed by atoms with Gasteiger partial charge in [0.25, 0.3) is 0 Å². The molecule has 0 spiro atoms. The van der Waals surface area contributed by atoms with Crippen molar-refractivity contribution >= 4 is 28.5 Å². The number of aryl methyl sites for hydroxylation is 1. The number of anilines is 2. The van der Waals surface area contributed by atoms with Gasteiger partial charge in [-0.05, 0) is 31.2 Å². The van der Waals surface area contributed by atoms with Crippen LogP contribution in [0.5, 0.6) is 11.5 Å². The van der Waals surface area contributed by atoms with E-state index in [1.807, 2.05) is 6.92 Å². The molecule has 0 saturated heterocycles. The molecule has 26 heavy (non-hydrogen) atoms. The van der Waals surface area contributed by atoms with Crippen LogP contribution >= 0.6 is 0 Å². The van der Waals surface area contributed by atoms with Crippen molar-refractivity contribution in [1.82, 2.24) is 4.57 Å². The van der Waals surface area contributed by atoms with E-state index in [-0.39, 0.29) is 0 Å². The summed E-state index contributed by atoms with van der Waals surface area (Å²) in [4.78, 5) is 24.0. The normalized spacial score (nSPS) is 12.8. The Morgan fingerprint density at radius 2 is 1.73 bits per heavy atom. The van der Waals surface area contributed by atoms with Crippen molar-refractivity contribution in [3.05, 3.63) is 46.9 Å². The number of carbonyl (C=O) groups excluding carboxylic acids is 1. The fourth-order valence-electron chi connectivity index (χ4n) is 2.86. The summed E-state index contributed by atoms with van der Waals surface area (Å²) in [6.45, 7) is 3.37. The SMILES string of the molecule is CCn1c(=O)oc2cc(NC(=O)Nc3ccc4c(c3)OCCO4)ccc21. The second-order valence-electron chi connectivity index (χ2n) is 5.73. The standard InChI is InChI=1S/C18H17N3O5/c1-2-21-13-5-3-11(9-15(13)26-18(21)23)19-17(22)20-12-4-6-14-16(10-12)25-8-7-24-14/h3-6,9-10H,2,7-8H2,1H3,(H2,19,20,22). The topological polar surface area (TPSA) is 94.7 Å². The molecular formula is C18H17N3O5. The first-order valence-electron chi connectivity index (χ1n) is 8.25. The monoisotopic (exact) mass is 355 g/mol. The molecular weight excluding hydrogens is 338 g/mol. The van der Waals surface area contributed by atoms with E-state index in [0.29, 0.717) is 53.7 Å². The second kappa shape index (κ2) is 6.47. The van der Waals surface area contributed by atoms with E-state index in [1.54, 1.807) is 36.4 Å². The van der Waals surface area contributed by atoms with Crippen LogP contribution in [0.4, 0.5) is 16.2 Å². The fraction of sp³-hybridized carbons (Fsp3) is 0.222. The van der Waals surface area contributed by atoms with Crippen LogP contribution in [-0.2, 0) is 6.54 Å². The lowest BCUT2D eigenvalue weighted by Crippen LogP contribution is -2.20. The van der Waals surface area contributed by atoms with E-state index in [9.17, 15) is 9.59 Å². The first kappa shape index (κ1) is 16.1. The molecule has 8 nitrogen and oxygen atoms in total. The minimum Gasteiger partial charge on any atom is -0.486 e. The van der Waals surface area contributed by atoms with E-state index >= 15 is 0 Å². The number of urea groups is 1. The lowest BCUT2D eigenvalue weighted by Gasteiger charge is -2.19. The Bertz CT molecular complexity index is 1040. The number of benzene rings is 2. The molecule has 4 rings (SSSR count). The van der Waals surface area contributed by atoms with Crippen LogP contribution in [0.25, 0.3) is 11.1 Å². The molecule has 0 radical (unpaired) electrons. The highest BCUT2D eigenvalue weighted by Gasteiger charge is 2.13. The van der Waals surface area contributed by atoms with Gasteiger partial charge in [0.1, 0.15) is 13.2 Å². The molecule has 2 amide bonds. The van der Waals surface area contributed by atoms with Crippen molar-refractivity contribution in [3.8, 4) is 11.5 Å². The summed E-state index contributed by atoms with van der Waals surface area (Å²) in [6, 6.07) is 9.84. The fourth-order valence-corrected chi connectivity index (χ4v) is 2.86. The van der Waals surface area contributed by atoms with Gasteiger partial charge in [-0.2, -0.15) is 0 Å². The number of rotatable bonds is 3. The van der Waals surface area contributed by atoms with Crippen molar-refractivity contribution in [1.29, 1.82) is 0 Å². The summed E-state index contributed by atoms with van der Waals surface area (Å²) in [7, 11) is 0. The van der Waals surface area contributed by atoms with Gasteiger partial charge in [-0.25, -0.2) is 9.59 Å². The van der Waals surface area contributed by atoms with E-state index in [2.05, 4.69) is 10.6 Å². The smallest absolute Gasteiger partial charge is 0.419 e. The molecule has 134 valence electrons. The molecule has 2 N–H and O–H groups in total. The Balaban J connectivity index is 1.49. The van der Waals surface area contributed by atoms with Crippen molar-refractivity contribution in [2.75, 3.05) is 23.8 Å². The maximum atomic E-state index is 12.2. The van der Waals surface area contributed by atoms with Gasteiger partial charge >= 0.3 is 11.8 Å². The maximum absolute atomic E-state index is 12.2. The number of nitrogens with one attached hydrogen (secondary N) is 2. The van der Waals surface area contributed by atoms with Gasteiger partial charge in [-0.3, -0.25) is 4.57 Å². The van der Waals surface area contributed by atoms with Gasteiger partial charge in [0.2, 0.25) is 0 Å². The number of ether oxygens (including phenoxy) is 2. The van der Waals surface area contributed by atoms with Crippen LogP contribution < -0.4 is 25.9 Å². The lowest BCUT2D eigenvalue weighted by molar-refractivity contribution is 0.171. The van der Waals surface area contributed by atoms with Gasteiger partial charge in [0.15, 0.2) is 17.1 Å². The van der Waals surface area contributed by atoms with Gasteiger partial charge in [-0.1, -0.05) is 0 Å². The van der Waals surface area contributed by atoms with E-state index in [1.165, 1.54) is 4.57 Å². The van der Waals surface area contributed by atoms with Crippen LogP contribution in [0, 0.1) is 0 Å². The molecule has 0 unspecified atom stereocenters. The molecule has 1 aromatic heterocycles. The zero-order valence-electron chi connectivity index (χ0n) is 14.1. The Kier molecular flexibility index (Phi) is 4.00. The summed E-state index contributed by atoms with van der Waals surface area (Å²) in [5.74, 6) is 0.835. The molecule has 3 aromatic rings. The summed E-state index contributed by atoms with van der Waals surface area (Å²) >= 11 is 0. The third-order valence-corrected chi connectivity index (χ3v) is 4.04. The highest BCUT2D eigenvalue weighted by molar-refractivity contribution is 6.00. The molecule has 8 heteroatoms. The van der Waals surface area contributed by atoms with Crippen LogP contribution in [-0.4, -0.2) is 23.8 Å². The quantitative estimate of drug-likeness (QED) is 0.753. The summed E-state index contributed by atoms with van der Waals surface area (Å²) < 4.78 is 17.7. The maximum Gasteiger partial charge on any atom is 0.419 e. The molecule has 1 aliphatic heterocycles. The van der Waals surface area contributed by atoms with Gasteiger partial charge in [0.05, 0.1) is 5.52 Å². The minimum atomic E-state index is -0.418. The summed E-state index contributed by atoms with van der Waals surface area (Å²) in [5, 5.41) is 5.45. The number of aromatic nitrogens is 1. The average molecular weight is 355 g/mol. The molecule has 1 aliphatic rings. The van der Waals surface area contributed by atoms with Gasteiger partial charge in [0, 0.05) is 30.1 Å². The number of hydrogen-bond donors (Lipinski definition) is 2. The molecule has 0 atom stereocenters. The lowest BCUT2D eigenvalue weighted by atomic mass is 10.2. The zero-order chi connectivity index (χ0) is 18.1. The molecule has 2 heterocycles. The molecule has 0 bridgehead atoms. The minimum absolute atomic E-state index is 0.416. The first-order valence-corrected chi connectivity index (χ1v) is 8.25. The van der Waals surface area contributed by atoms with Crippen LogP contribution in [0.3, 0.4) is 0 Å². The van der Waals surface area contributed by atoms with Crippen LogP contribution in [0.1, 0.15) is 6.92 Å². The van der Waals surface area contributed by atoms with Crippen molar-refractivity contribution in [3.63, 3.8) is 0 Å². The predicted octanol–water partition coefficient (Wildman–Crippen LogP) is 3.03. The number of carbonyl (C=O) groups is 1. The second-order valence-corrected chi connectivity index (χ2v) is 5.73. The zero-order valence-corrected chi connectivity index (χ0v) is 14.1. The van der Waals surface area contributed by atoms with Crippen molar-refractivity contribution in [2.45, 2.75) is 13.5 Å². The molecule has 0 fully saturated rings.